The summed E-state index contributed by atoms with van der Waals surface area (Å²) in [6.07, 6.45) is 0. The summed E-state index contributed by atoms with van der Waals surface area (Å²) in [5.41, 5.74) is 0.187. The molecular weight excluding hydrogens is 446 g/mol. The van der Waals surface area contributed by atoms with Crippen LogP contribution in [0.3, 0.4) is 0 Å². The Morgan fingerprint density at radius 2 is 1.91 bits per heavy atom. The Kier molecular flexibility index (Phi) is 3.70. The summed E-state index contributed by atoms with van der Waals surface area (Å²) in [6.45, 7) is 0. The summed E-state index contributed by atoms with van der Waals surface area (Å²) in [6, 6.07) is 6.89. The Hall–Kier alpha value is 0.285. The van der Waals surface area contributed by atoms with Crippen LogP contribution in [0.15, 0.2) is 24.3 Å². The van der Waals surface area contributed by atoms with Crippen molar-refractivity contribution in [3.63, 3.8) is 0 Å². The van der Waals surface area contributed by atoms with Gasteiger partial charge in [0.2, 0.25) is 0 Å². The summed E-state index contributed by atoms with van der Waals surface area (Å²) in [4.78, 5) is 9.86. The molecule has 0 N–H and O–H groups in total. The summed E-state index contributed by atoms with van der Waals surface area (Å²) < 4.78 is 1.33. The summed E-state index contributed by atoms with van der Waals surface area (Å²) in [7, 11) is 0. The van der Waals surface area contributed by atoms with Gasteiger partial charge < -0.3 is 0 Å². The molecule has 1 aromatic carbocycles. The van der Waals surface area contributed by atoms with Crippen LogP contribution < -0.4 is 3.07 Å². The van der Waals surface area contributed by atoms with Crippen LogP contribution in [-0.2, 0) is 20.2 Å². The van der Waals surface area contributed by atoms with Crippen molar-refractivity contribution >= 4 is 26.4 Å². The van der Waals surface area contributed by atoms with Gasteiger partial charge in [-0.1, -0.05) is 0 Å². The minimum atomic E-state index is -0.854. The number of rotatable bonds is 2. The molecule has 11 heavy (non-hydrogen) atoms. The molecule has 3 nitrogen and oxygen atoms in total. The maximum absolute atomic E-state index is 10.2. The minimum absolute atomic E-state index is 0.187. The van der Waals surface area contributed by atoms with Crippen LogP contribution in [0.5, 0.6) is 0 Å². The first-order valence-corrected chi connectivity index (χ1v) is 21.2. The van der Waals surface area contributed by atoms with Crippen molar-refractivity contribution in [1.82, 2.24) is 0 Å². The van der Waals surface area contributed by atoms with Gasteiger partial charge in [0, 0.05) is 0 Å². The SMILES string of the molecule is O=[N+]([O-])c1cc[c]([Hg][I])cc1. The predicted octanol–water partition coefficient (Wildman–Crippen LogP) is 1.65. The fraction of sp³-hybridized carbons (Fsp3) is 0. The molecule has 0 saturated heterocycles. The number of halogens is 1. The zero-order valence-corrected chi connectivity index (χ0v) is 13.3. The van der Waals surface area contributed by atoms with Crippen molar-refractivity contribution in [2.24, 2.45) is 0 Å². The van der Waals surface area contributed by atoms with Crippen molar-refractivity contribution in [2.45, 2.75) is 0 Å². The number of non-ortho nitro benzene ring substituents is 1. The van der Waals surface area contributed by atoms with E-state index in [0.717, 1.165) is 0 Å². The number of nitro groups is 1. The standard InChI is InChI=1S/C6H4NO2.Hg.HI/c8-7(9)6-4-2-1-3-5-6;;/h2-5H;;1H/q;+1;/p-1. The van der Waals surface area contributed by atoms with E-state index in [1.807, 2.05) is 12.1 Å². The van der Waals surface area contributed by atoms with Gasteiger partial charge in [-0.05, 0) is 0 Å². The molecule has 0 unspecified atom stereocenters. The zero-order chi connectivity index (χ0) is 8.27. The van der Waals surface area contributed by atoms with Gasteiger partial charge in [0.05, 0.1) is 0 Å². The Balaban J connectivity index is 2.91. The summed E-state index contributed by atoms with van der Waals surface area (Å²) >= 11 is 1.58. The molecule has 0 atom stereocenters. The second-order valence-electron chi connectivity index (χ2n) is 2.06. The average Bonchev–Trinajstić information content (AvgIpc) is 2.05. The van der Waals surface area contributed by atoms with Gasteiger partial charge in [-0.15, -0.1) is 0 Å². The van der Waals surface area contributed by atoms with Crippen molar-refractivity contribution in [3.8, 4) is 0 Å². The molecule has 0 bridgehead atoms. The van der Waals surface area contributed by atoms with E-state index in [1.54, 1.807) is 12.1 Å². The molecule has 0 aliphatic carbocycles. The van der Waals surface area contributed by atoms with Crippen molar-refractivity contribution in [3.05, 3.63) is 34.4 Å². The molecule has 0 spiro atoms. The third kappa shape index (κ3) is 2.66. The molecule has 5 heteroatoms. The first kappa shape index (κ1) is 9.37. The third-order valence-corrected chi connectivity index (χ3v) is 12.1. The van der Waals surface area contributed by atoms with Gasteiger partial charge in [0.25, 0.3) is 0 Å². The van der Waals surface area contributed by atoms with E-state index in [9.17, 15) is 10.1 Å². The molecule has 0 aliphatic rings. The number of nitrogens with zero attached hydrogens (tertiary/aromatic N) is 1. The fourth-order valence-corrected chi connectivity index (χ4v) is 6.78. The van der Waals surface area contributed by atoms with E-state index >= 15 is 0 Å². The number of benzene rings is 1. The number of nitro benzene ring substituents is 1. The molecule has 0 amide bonds. The van der Waals surface area contributed by atoms with E-state index in [4.69, 9.17) is 0 Å². The number of hydrogen-bond acceptors (Lipinski definition) is 2. The number of hydrogen-bond donors (Lipinski definition) is 0. The first-order chi connectivity index (χ1) is 5.24. The normalized spacial score (nSPS) is 8.82. The Morgan fingerprint density at radius 3 is 2.27 bits per heavy atom. The fourth-order valence-electron chi connectivity index (χ4n) is 0.707. The van der Waals surface area contributed by atoms with E-state index in [2.05, 4.69) is 17.7 Å². The van der Waals surface area contributed by atoms with Gasteiger partial charge in [-0.25, -0.2) is 0 Å². The van der Waals surface area contributed by atoms with Crippen LogP contribution in [0.2, 0.25) is 0 Å². The van der Waals surface area contributed by atoms with Gasteiger partial charge in [-0.2, -0.15) is 0 Å². The van der Waals surface area contributed by atoms with Crippen LogP contribution in [-0.4, -0.2) is 4.92 Å². The molecule has 1 rings (SSSR count). The Morgan fingerprint density at radius 1 is 1.36 bits per heavy atom. The van der Waals surface area contributed by atoms with E-state index in [-0.39, 0.29) is 10.6 Å². The quantitative estimate of drug-likeness (QED) is 0.298. The topological polar surface area (TPSA) is 43.1 Å². The van der Waals surface area contributed by atoms with E-state index in [0.29, 0.717) is 0 Å². The van der Waals surface area contributed by atoms with Crippen molar-refractivity contribution < 1.29 is 25.2 Å². The van der Waals surface area contributed by atoms with Gasteiger partial charge in [-0.3, -0.25) is 0 Å². The molecule has 0 fully saturated rings. The zero-order valence-electron chi connectivity index (χ0n) is 5.66. The van der Waals surface area contributed by atoms with Crippen molar-refractivity contribution in [1.29, 1.82) is 0 Å². The molecular formula is C6H4HgINO2. The van der Waals surface area contributed by atoms with Gasteiger partial charge in [0.1, 0.15) is 0 Å². The maximum atomic E-state index is 10.2. The molecule has 0 heterocycles. The monoisotopic (exact) mass is 451 g/mol. The van der Waals surface area contributed by atoms with Crippen LogP contribution >= 0.6 is 17.7 Å². The van der Waals surface area contributed by atoms with Crippen LogP contribution in [0.1, 0.15) is 0 Å². The van der Waals surface area contributed by atoms with Gasteiger partial charge in [0.15, 0.2) is 0 Å². The van der Waals surface area contributed by atoms with E-state index in [1.165, 1.54) is 3.07 Å². The average molecular weight is 450 g/mol. The Labute approximate surface area is 85.1 Å². The van der Waals surface area contributed by atoms with Crippen LogP contribution in [0.4, 0.5) is 5.69 Å². The van der Waals surface area contributed by atoms with Crippen LogP contribution in [0.25, 0.3) is 0 Å². The van der Waals surface area contributed by atoms with Crippen molar-refractivity contribution in [2.75, 3.05) is 0 Å². The summed E-state index contributed by atoms with van der Waals surface area (Å²) in [5.74, 6) is 0. The Bertz CT molecular complexity index is 262. The summed E-state index contributed by atoms with van der Waals surface area (Å²) in [5, 5.41) is 10.2. The first-order valence-electron chi connectivity index (χ1n) is 3.03. The molecule has 54 valence electrons. The molecule has 0 aromatic heterocycles. The van der Waals surface area contributed by atoms with Crippen LogP contribution in [0, 0.1) is 10.1 Å². The molecule has 0 aliphatic heterocycles. The van der Waals surface area contributed by atoms with Gasteiger partial charge >= 0.3 is 86.0 Å². The third-order valence-electron chi connectivity index (χ3n) is 1.30. The molecule has 1 aromatic rings. The van der Waals surface area contributed by atoms with E-state index < -0.39 is 20.2 Å². The molecule has 0 saturated carbocycles. The second kappa shape index (κ2) is 4.35. The second-order valence-corrected chi connectivity index (χ2v) is 13.0. The molecule has 0 radical (unpaired) electrons. The predicted molar refractivity (Wildman–Crippen MR) is 46.8 cm³/mol.